The molecule has 5 nitrogen and oxygen atoms in total. The fourth-order valence-electron chi connectivity index (χ4n) is 0.945. The minimum Gasteiger partial charge on any atom is -0.481 e. The predicted octanol–water partition coefficient (Wildman–Crippen LogP) is 1.16. The van der Waals surface area contributed by atoms with Gasteiger partial charge in [0.25, 0.3) is 0 Å². The summed E-state index contributed by atoms with van der Waals surface area (Å²) in [5.74, 6) is -0.754. The molecule has 0 aliphatic heterocycles. The third kappa shape index (κ3) is 3.37. The predicted molar refractivity (Wildman–Crippen MR) is 53.2 cm³/mol. The summed E-state index contributed by atoms with van der Waals surface area (Å²) in [6, 6.07) is 0. The van der Waals surface area contributed by atoms with Crippen LogP contribution in [0.4, 0.5) is 0 Å². The largest absolute Gasteiger partial charge is 0.481 e. The average Bonchev–Trinajstić information content (AvgIpc) is 2.49. The molecule has 0 radical (unpaired) electrons. The Balaban J connectivity index is 2.37. The number of carbonyl (C=O) groups is 1. The zero-order valence-electron chi connectivity index (χ0n) is 8.17. The summed E-state index contributed by atoms with van der Waals surface area (Å²) in [6.07, 6.45) is 2.48. The lowest BCUT2D eigenvalue weighted by Gasteiger charge is -2.07. The monoisotopic (exact) mass is 215 g/mol. The summed E-state index contributed by atoms with van der Waals surface area (Å²) in [6.45, 7) is 1.99. The van der Waals surface area contributed by atoms with Crippen LogP contribution in [0.5, 0.6) is 0 Å². The first-order valence-corrected chi connectivity index (χ1v) is 5.20. The average molecular weight is 215 g/mol. The van der Waals surface area contributed by atoms with Crippen molar-refractivity contribution >= 4 is 17.7 Å². The van der Waals surface area contributed by atoms with Crippen molar-refractivity contribution in [3.63, 3.8) is 0 Å². The number of nitrogens with zero attached hydrogens (tertiary/aromatic N) is 3. The van der Waals surface area contributed by atoms with Gasteiger partial charge in [-0.2, -0.15) is 0 Å². The second kappa shape index (κ2) is 4.99. The zero-order chi connectivity index (χ0) is 10.6. The van der Waals surface area contributed by atoms with Crippen LogP contribution in [0, 0.1) is 0 Å². The van der Waals surface area contributed by atoms with Crippen molar-refractivity contribution in [3.05, 3.63) is 6.33 Å². The summed E-state index contributed by atoms with van der Waals surface area (Å²) < 4.78 is 1.82. The first-order chi connectivity index (χ1) is 6.59. The second-order valence-electron chi connectivity index (χ2n) is 3.09. The molecule has 0 saturated heterocycles. The van der Waals surface area contributed by atoms with Gasteiger partial charge in [0.05, 0.1) is 0 Å². The number of rotatable bonds is 5. The molecule has 1 aromatic rings. The third-order valence-corrected chi connectivity index (χ3v) is 2.96. The lowest BCUT2D eigenvalue weighted by Crippen LogP contribution is -2.03. The summed E-state index contributed by atoms with van der Waals surface area (Å²) in [5.41, 5.74) is 0. The van der Waals surface area contributed by atoms with Crippen molar-refractivity contribution in [1.82, 2.24) is 14.8 Å². The van der Waals surface area contributed by atoms with Gasteiger partial charge >= 0.3 is 5.97 Å². The van der Waals surface area contributed by atoms with Gasteiger partial charge in [0.2, 0.25) is 0 Å². The van der Waals surface area contributed by atoms with Crippen molar-refractivity contribution in [2.45, 2.75) is 30.2 Å². The molecule has 1 N–H and O–H groups in total. The maximum atomic E-state index is 10.3. The molecule has 0 spiro atoms. The topological polar surface area (TPSA) is 68.0 Å². The Labute approximate surface area is 86.5 Å². The number of aliphatic carboxylic acids is 1. The van der Waals surface area contributed by atoms with Gasteiger partial charge in [0, 0.05) is 18.7 Å². The first kappa shape index (κ1) is 11.0. The Kier molecular flexibility index (Phi) is 3.94. The van der Waals surface area contributed by atoms with E-state index in [1.807, 2.05) is 18.5 Å². The van der Waals surface area contributed by atoms with Gasteiger partial charge in [-0.05, 0) is 6.42 Å². The van der Waals surface area contributed by atoms with Gasteiger partial charge in [0.15, 0.2) is 5.16 Å². The van der Waals surface area contributed by atoms with Crippen molar-refractivity contribution in [1.29, 1.82) is 0 Å². The Hall–Kier alpha value is -1.04. The van der Waals surface area contributed by atoms with E-state index in [4.69, 9.17) is 5.11 Å². The normalized spacial score (nSPS) is 12.7. The molecule has 0 bridgehead atoms. The molecule has 1 rings (SSSR count). The minimum absolute atomic E-state index is 0.200. The molecule has 0 amide bonds. The van der Waals surface area contributed by atoms with Crippen LogP contribution in [-0.4, -0.2) is 31.1 Å². The Bertz CT molecular complexity index is 313. The van der Waals surface area contributed by atoms with Crippen LogP contribution in [0.2, 0.25) is 0 Å². The van der Waals surface area contributed by atoms with Crippen LogP contribution in [0.15, 0.2) is 11.5 Å². The van der Waals surface area contributed by atoms with Crippen LogP contribution < -0.4 is 0 Å². The SMILES string of the molecule is CC(CCC(=O)O)Sc1nncn1C. The number of hydrogen-bond acceptors (Lipinski definition) is 4. The highest BCUT2D eigenvalue weighted by Gasteiger charge is 2.10. The molecule has 0 saturated carbocycles. The summed E-state index contributed by atoms with van der Waals surface area (Å²) in [4.78, 5) is 10.3. The number of aryl methyl sites for hydroxylation is 1. The van der Waals surface area contributed by atoms with E-state index >= 15 is 0 Å². The number of aromatic nitrogens is 3. The van der Waals surface area contributed by atoms with E-state index in [-0.39, 0.29) is 11.7 Å². The molecular formula is C8H13N3O2S. The van der Waals surface area contributed by atoms with Gasteiger partial charge in [-0.15, -0.1) is 10.2 Å². The summed E-state index contributed by atoms with van der Waals surface area (Å²) >= 11 is 1.54. The Morgan fingerprint density at radius 1 is 1.79 bits per heavy atom. The minimum atomic E-state index is -0.754. The number of thioether (sulfide) groups is 1. The zero-order valence-corrected chi connectivity index (χ0v) is 8.99. The second-order valence-corrected chi connectivity index (χ2v) is 4.49. The number of carboxylic acids is 1. The lowest BCUT2D eigenvalue weighted by atomic mass is 10.2. The van der Waals surface area contributed by atoms with E-state index in [1.165, 1.54) is 0 Å². The van der Waals surface area contributed by atoms with E-state index < -0.39 is 5.97 Å². The van der Waals surface area contributed by atoms with E-state index in [2.05, 4.69) is 10.2 Å². The molecule has 0 fully saturated rings. The fourth-order valence-corrected chi connectivity index (χ4v) is 1.85. The molecule has 1 aromatic heterocycles. The Morgan fingerprint density at radius 2 is 2.50 bits per heavy atom. The highest BCUT2D eigenvalue weighted by atomic mass is 32.2. The van der Waals surface area contributed by atoms with Gasteiger partial charge in [-0.3, -0.25) is 4.79 Å². The van der Waals surface area contributed by atoms with Crippen molar-refractivity contribution in [2.24, 2.45) is 7.05 Å². The van der Waals surface area contributed by atoms with Gasteiger partial charge < -0.3 is 9.67 Å². The molecule has 0 aliphatic rings. The highest BCUT2D eigenvalue weighted by Crippen LogP contribution is 2.22. The molecule has 1 atom stereocenters. The molecule has 0 aliphatic carbocycles. The molecular weight excluding hydrogens is 202 g/mol. The van der Waals surface area contributed by atoms with Crippen LogP contribution in [0.1, 0.15) is 19.8 Å². The lowest BCUT2D eigenvalue weighted by molar-refractivity contribution is -0.137. The van der Waals surface area contributed by atoms with Gasteiger partial charge in [0.1, 0.15) is 6.33 Å². The van der Waals surface area contributed by atoms with Crippen LogP contribution in [0.3, 0.4) is 0 Å². The van der Waals surface area contributed by atoms with Gasteiger partial charge in [-0.1, -0.05) is 18.7 Å². The van der Waals surface area contributed by atoms with E-state index in [0.717, 1.165) is 5.16 Å². The maximum absolute atomic E-state index is 10.3. The summed E-state index contributed by atoms with van der Waals surface area (Å²) in [7, 11) is 1.87. The third-order valence-electron chi connectivity index (χ3n) is 1.74. The standard InChI is InChI=1S/C8H13N3O2S/c1-6(3-4-7(12)13)14-8-10-9-5-11(8)2/h5-6H,3-4H2,1-2H3,(H,12,13). The number of carboxylic acid groups (broad SMARTS) is 1. The molecule has 1 heterocycles. The summed E-state index contributed by atoms with van der Waals surface area (Å²) in [5, 5.41) is 17.2. The van der Waals surface area contributed by atoms with Crippen LogP contribution in [0.25, 0.3) is 0 Å². The smallest absolute Gasteiger partial charge is 0.303 e. The molecule has 78 valence electrons. The van der Waals surface area contributed by atoms with Crippen LogP contribution in [-0.2, 0) is 11.8 Å². The maximum Gasteiger partial charge on any atom is 0.303 e. The first-order valence-electron chi connectivity index (χ1n) is 4.32. The van der Waals surface area contributed by atoms with Crippen molar-refractivity contribution < 1.29 is 9.90 Å². The number of hydrogen-bond donors (Lipinski definition) is 1. The van der Waals surface area contributed by atoms with E-state index in [1.54, 1.807) is 18.1 Å². The molecule has 0 aromatic carbocycles. The highest BCUT2D eigenvalue weighted by molar-refractivity contribution is 7.99. The van der Waals surface area contributed by atoms with Crippen LogP contribution >= 0.6 is 11.8 Å². The van der Waals surface area contributed by atoms with E-state index in [0.29, 0.717) is 6.42 Å². The quantitative estimate of drug-likeness (QED) is 0.746. The molecule has 1 unspecified atom stereocenters. The molecule has 6 heteroatoms. The van der Waals surface area contributed by atoms with Crippen molar-refractivity contribution in [3.8, 4) is 0 Å². The van der Waals surface area contributed by atoms with Crippen molar-refractivity contribution in [2.75, 3.05) is 0 Å². The van der Waals surface area contributed by atoms with E-state index in [9.17, 15) is 4.79 Å². The molecule has 14 heavy (non-hydrogen) atoms. The van der Waals surface area contributed by atoms with Gasteiger partial charge in [-0.25, -0.2) is 0 Å². The Morgan fingerprint density at radius 3 is 3.00 bits per heavy atom. The fraction of sp³-hybridized carbons (Fsp3) is 0.625.